The topological polar surface area (TPSA) is 38.3 Å². The predicted octanol–water partition coefficient (Wildman–Crippen LogP) is 3.35. The molecule has 0 atom stereocenters. The molecule has 1 N–H and O–H groups in total. The molecule has 0 aromatic heterocycles. The molecule has 19 heavy (non-hydrogen) atoms. The number of hydrogen-bond acceptors (Lipinski definition) is 2. The van der Waals surface area contributed by atoms with E-state index in [1.807, 2.05) is 24.3 Å². The highest BCUT2D eigenvalue weighted by molar-refractivity contribution is 14.1. The van der Waals surface area contributed by atoms with Crippen LogP contribution in [0.4, 0.5) is 0 Å². The van der Waals surface area contributed by atoms with Gasteiger partial charge >= 0.3 is 0 Å². The van der Waals surface area contributed by atoms with Crippen LogP contribution in [0.25, 0.3) is 0 Å². The third kappa shape index (κ3) is 7.40. The largest absolute Gasteiger partial charge is 0.497 e. The molecule has 1 rings (SSSR count). The highest BCUT2D eigenvalue weighted by Gasteiger charge is 2.02. The number of rotatable bonds is 9. The number of nitrogens with one attached hydrogen (secondary N) is 1. The molecule has 0 fully saturated rings. The Balaban J connectivity index is 2.15. The maximum Gasteiger partial charge on any atom is 0.220 e. The first-order valence-corrected chi connectivity index (χ1v) is 8.24. The molecule has 3 nitrogen and oxygen atoms in total. The maximum absolute atomic E-state index is 11.6. The molecule has 0 bridgehead atoms. The Bertz CT molecular complexity index is 365. The van der Waals surface area contributed by atoms with Crippen LogP contribution in [0.2, 0.25) is 0 Å². The Morgan fingerprint density at radius 1 is 1.21 bits per heavy atom. The molecule has 4 heteroatoms. The van der Waals surface area contributed by atoms with Crippen molar-refractivity contribution in [1.29, 1.82) is 0 Å². The third-order valence-corrected chi connectivity index (χ3v) is 3.70. The van der Waals surface area contributed by atoms with E-state index in [1.165, 1.54) is 22.8 Å². The zero-order valence-corrected chi connectivity index (χ0v) is 13.6. The van der Waals surface area contributed by atoms with Gasteiger partial charge in [-0.1, -0.05) is 41.1 Å². The van der Waals surface area contributed by atoms with Gasteiger partial charge in [0.2, 0.25) is 5.91 Å². The Labute approximate surface area is 129 Å². The molecule has 0 saturated carbocycles. The Hall–Kier alpha value is -0.780. The van der Waals surface area contributed by atoms with Gasteiger partial charge in [-0.3, -0.25) is 4.79 Å². The first kappa shape index (κ1) is 16.3. The van der Waals surface area contributed by atoms with Gasteiger partial charge in [-0.15, -0.1) is 0 Å². The zero-order valence-electron chi connectivity index (χ0n) is 11.5. The SMILES string of the molecule is COc1ccc(CCC(=O)NCCCCCI)cc1. The summed E-state index contributed by atoms with van der Waals surface area (Å²) in [6.07, 6.45) is 4.85. The van der Waals surface area contributed by atoms with Crippen molar-refractivity contribution in [3.8, 4) is 5.75 Å². The third-order valence-electron chi connectivity index (χ3n) is 2.93. The number of carbonyl (C=O) groups excluding carboxylic acids is 1. The van der Waals surface area contributed by atoms with E-state index in [0.717, 1.165) is 25.1 Å². The molecule has 1 amide bonds. The number of amides is 1. The molecule has 0 unspecified atom stereocenters. The summed E-state index contributed by atoms with van der Waals surface area (Å²) in [6.45, 7) is 0.804. The molecule has 0 heterocycles. The van der Waals surface area contributed by atoms with Gasteiger partial charge in [0.15, 0.2) is 0 Å². The smallest absolute Gasteiger partial charge is 0.220 e. The van der Waals surface area contributed by atoms with Gasteiger partial charge in [0.1, 0.15) is 5.75 Å². The van der Waals surface area contributed by atoms with Crippen LogP contribution in [0, 0.1) is 0 Å². The molecule has 0 radical (unpaired) electrons. The number of benzene rings is 1. The lowest BCUT2D eigenvalue weighted by Gasteiger charge is -2.05. The van der Waals surface area contributed by atoms with Crippen LogP contribution < -0.4 is 10.1 Å². The van der Waals surface area contributed by atoms with Crippen molar-refractivity contribution >= 4 is 28.5 Å². The average Bonchev–Trinajstić information content (AvgIpc) is 2.45. The fourth-order valence-corrected chi connectivity index (χ4v) is 2.30. The molecule has 1 aromatic rings. The fourth-order valence-electron chi connectivity index (χ4n) is 1.76. The second kappa shape index (κ2) is 10.1. The van der Waals surface area contributed by atoms with Gasteiger partial charge in [0, 0.05) is 13.0 Å². The summed E-state index contributed by atoms with van der Waals surface area (Å²) in [7, 11) is 1.65. The summed E-state index contributed by atoms with van der Waals surface area (Å²) in [4.78, 5) is 11.6. The van der Waals surface area contributed by atoms with Gasteiger partial charge in [-0.25, -0.2) is 0 Å². The van der Waals surface area contributed by atoms with Crippen LogP contribution in [0.15, 0.2) is 24.3 Å². The molecule has 0 aliphatic heterocycles. The van der Waals surface area contributed by atoms with Gasteiger partial charge in [-0.05, 0) is 41.4 Å². The number of hydrogen-bond donors (Lipinski definition) is 1. The number of aryl methyl sites for hydroxylation is 1. The Morgan fingerprint density at radius 2 is 1.95 bits per heavy atom. The maximum atomic E-state index is 11.6. The first-order chi connectivity index (χ1) is 9.26. The van der Waals surface area contributed by atoms with E-state index in [9.17, 15) is 4.79 Å². The van der Waals surface area contributed by atoms with Crippen molar-refractivity contribution < 1.29 is 9.53 Å². The molecular weight excluding hydrogens is 353 g/mol. The van der Waals surface area contributed by atoms with Crippen LogP contribution in [0.5, 0.6) is 5.75 Å². The minimum atomic E-state index is 0.144. The standard InChI is InChI=1S/C15H22INO2/c1-19-14-8-5-13(6-9-14)7-10-15(18)17-12-4-2-3-11-16/h5-6,8-9H,2-4,7,10-12H2,1H3,(H,17,18). The van der Waals surface area contributed by atoms with Gasteiger partial charge in [0.25, 0.3) is 0 Å². The van der Waals surface area contributed by atoms with E-state index in [2.05, 4.69) is 27.9 Å². The number of carbonyl (C=O) groups is 1. The van der Waals surface area contributed by atoms with E-state index in [-0.39, 0.29) is 5.91 Å². The number of methoxy groups -OCH3 is 1. The lowest BCUT2D eigenvalue weighted by atomic mass is 10.1. The van der Waals surface area contributed by atoms with Crippen LogP contribution in [0.3, 0.4) is 0 Å². The molecule has 1 aromatic carbocycles. The second-order valence-electron chi connectivity index (χ2n) is 4.45. The Morgan fingerprint density at radius 3 is 2.58 bits per heavy atom. The summed E-state index contributed by atoms with van der Waals surface area (Å²) in [5.41, 5.74) is 1.17. The average molecular weight is 375 g/mol. The van der Waals surface area contributed by atoms with Crippen LogP contribution >= 0.6 is 22.6 Å². The summed E-state index contributed by atoms with van der Waals surface area (Å²) < 4.78 is 6.30. The van der Waals surface area contributed by atoms with Crippen LogP contribution in [-0.4, -0.2) is 24.0 Å². The summed E-state index contributed by atoms with van der Waals surface area (Å²) in [5, 5.41) is 2.97. The Kier molecular flexibility index (Phi) is 8.62. The highest BCUT2D eigenvalue weighted by atomic mass is 127. The van der Waals surface area contributed by atoms with E-state index < -0.39 is 0 Å². The number of unbranched alkanes of at least 4 members (excludes halogenated alkanes) is 2. The van der Waals surface area contributed by atoms with E-state index in [0.29, 0.717) is 6.42 Å². The van der Waals surface area contributed by atoms with Gasteiger partial charge in [0.05, 0.1) is 7.11 Å². The van der Waals surface area contributed by atoms with Crippen molar-refractivity contribution in [1.82, 2.24) is 5.32 Å². The zero-order chi connectivity index (χ0) is 13.9. The van der Waals surface area contributed by atoms with Crippen LogP contribution in [0.1, 0.15) is 31.2 Å². The highest BCUT2D eigenvalue weighted by Crippen LogP contribution is 2.12. The van der Waals surface area contributed by atoms with E-state index >= 15 is 0 Å². The minimum Gasteiger partial charge on any atom is -0.497 e. The van der Waals surface area contributed by atoms with Crippen LogP contribution in [-0.2, 0) is 11.2 Å². The quantitative estimate of drug-likeness (QED) is 0.409. The van der Waals surface area contributed by atoms with Crippen molar-refractivity contribution in [3.05, 3.63) is 29.8 Å². The fraction of sp³-hybridized carbons (Fsp3) is 0.533. The summed E-state index contributed by atoms with van der Waals surface area (Å²) >= 11 is 2.38. The van der Waals surface area contributed by atoms with Crippen molar-refractivity contribution in [3.63, 3.8) is 0 Å². The van der Waals surface area contributed by atoms with Crippen molar-refractivity contribution in [2.45, 2.75) is 32.1 Å². The second-order valence-corrected chi connectivity index (χ2v) is 5.53. The van der Waals surface area contributed by atoms with Crippen molar-refractivity contribution in [2.75, 3.05) is 18.1 Å². The molecule has 0 aliphatic carbocycles. The minimum absolute atomic E-state index is 0.144. The summed E-state index contributed by atoms with van der Waals surface area (Å²) in [6, 6.07) is 7.87. The van der Waals surface area contributed by atoms with Gasteiger partial charge in [-0.2, -0.15) is 0 Å². The number of alkyl halides is 1. The molecule has 0 saturated heterocycles. The molecule has 0 aliphatic rings. The molecular formula is C15H22INO2. The van der Waals surface area contributed by atoms with E-state index in [1.54, 1.807) is 7.11 Å². The van der Waals surface area contributed by atoms with E-state index in [4.69, 9.17) is 4.74 Å². The molecule has 0 spiro atoms. The predicted molar refractivity (Wildman–Crippen MR) is 87.1 cm³/mol. The monoisotopic (exact) mass is 375 g/mol. The normalized spacial score (nSPS) is 10.2. The lowest BCUT2D eigenvalue weighted by Crippen LogP contribution is -2.24. The van der Waals surface area contributed by atoms with Gasteiger partial charge < -0.3 is 10.1 Å². The lowest BCUT2D eigenvalue weighted by molar-refractivity contribution is -0.121. The summed E-state index contributed by atoms with van der Waals surface area (Å²) in [5.74, 6) is 0.994. The molecule has 106 valence electrons. The first-order valence-electron chi connectivity index (χ1n) is 6.72. The number of ether oxygens (including phenoxy) is 1. The number of halogens is 1. The van der Waals surface area contributed by atoms with Crippen molar-refractivity contribution in [2.24, 2.45) is 0 Å².